The van der Waals surface area contributed by atoms with Crippen LogP contribution < -0.4 is 18.9 Å². The van der Waals surface area contributed by atoms with Crippen LogP contribution in [0.4, 0.5) is 0 Å². The van der Waals surface area contributed by atoms with Crippen LogP contribution in [0.5, 0.6) is 40.2 Å². The highest BCUT2D eigenvalue weighted by Gasteiger charge is 2.37. The molecule has 0 unspecified atom stereocenters. The van der Waals surface area contributed by atoms with Gasteiger partial charge in [-0.25, -0.2) is 0 Å². The maximum absolute atomic E-state index is 11.2. The van der Waals surface area contributed by atoms with Gasteiger partial charge in [-0.05, 0) is 47.7 Å². The Morgan fingerprint density at radius 2 is 1.75 bits per heavy atom. The summed E-state index contributed by atoms with van der Waals surface area (Å²) in [5.41, 5.74) is 4.78. The van der Waals surface area contributed by atoms with Gasteiger partial charge in [0.15, 0.2) is 17.6 Å². The lowest BCUT2D eigenvalue weighted by atomic mass is 9.79. The zero-order valence-electron chi connectivity index (χ0n) is 19.9. The van der Waals surface area contributed by atoms with Crippen LogP contribution in [-0.2, 0) is 19.3 Å². The van der Waals surface area contributed by atoms with Gasteiger partial charge >= 0.3 is 0 Å². The van der Waals surface area contributed by atoms with Crippen molar-refractivity contribution in [2.24, 2.45) is 0 Å². The van der Waals surface area contributed by atoms with Gasteiger partial charge in [-0.3, -0.25) is 0 Å². The van der Waals surface area contributed by atoms with E-state index in [0.717, 1.165) is 27.8 Å². The molecule has 0 amide bonds. The van der Waals surface area contributed by atoms with Crippen LogP contribution in [0.15, 0.2) is 30.3 Å². The van der Waals surface area contributed by atoms with Gasteiger partial charge in [0.05, 0.1) is 26.9 Å². The quantitative estimate of drug-likeness (QED) is 0.349. The topological polar surface area (TPSA) is 138 Å². The zero-order valence-corrected chi connectivity index (χ0v) is 19.9. The summed E-state index contributed by atoms with van der Waals surface area (Å²) in [6, 6.07) is 8.35. The smallest absolute Gasteiger partial charge is 0.207 e. The van der Waals surface area contributed by atoms with Crippen LogP contribution >= 0.6 is 0 Å². The van der Waals surface area contributed by atoms with Crippen molar-refractivity contribution in [1.82, 2.24) is 0 Å². The summed E-state index contributed by atoms with van der Waals surface area (Å²) in [4.78, 5) is 0. The van der Waals surface area contributed by atoms with Gasteiger partial charge in [0.1, 0.15) is 23.9 Å². The van der Waals surface area contributed by atoms with Gasteiger partial charge in [-0.2, -0.15) is 0 Å². The van der Waals surface area contributed by atoms with E-state index in [1.165, 1.54) is 20.3 Å². The molecule has 5 rings (SSSR count). The standard InChI is InChI=1S/C27H28O9/c1-33-22-11-18(24(31)27(34-2)25(22)32)26-19(30)10-17-16-5-3-13-9-14(29)4-6-15(13)23(16)21(35-8-7-28)12-20(17)36-26/h4,6,9,11-12,19,26,28-32H,3,5,7-8,10H2,1-2H3/t19-,26-/m1/s1. The van der Waals surface area contributed by atoms with Crippen LogP contribution in [0.2, 0.25) is 0 Å². The number of aliphatic hydroxyl groups excluding tert-OH is 2. The first-order chi connectivity index (χ1) is 17.4. The highest BCUT2D eigenvalue weighted by atomic mass is 16.5. The van der Waals surface area contributed by atoms with Crippen LogP contribution in [-0.4, -0.2) is 59.1 Å². The largest absolute Gasteiger partial charge is 0.508 e. The van der Waals surface area contributed by atoms with Crippen molar-refractivity contribution in [3.63, 3.8) is 0 Å². The Kier molecular flexibility index (Phi) is 6.19. The molecule has 2 aliphatic rings. The molecule has 0 saturated heterocycles. The number of ether oxygens (including phenoxy) is 4. The zero-order chi connectivity index (χ0) is 25.6. The molecule has 3 aromatic carbocycles. The molecule has 1 aliphatic heterocycles. The highest BCUT2D eigenvalue weighted by molar-refractivity contribution is 5.82. The first-order valence-corrected chi connectivity index (χ1v) is 11.6. The molecular formula is C27H28O9. The van der Waals surface area contributed by atoms with Gasteiger partial charge in [0, 0.05) is 29.2 Å². The minimum absolute atomic E-state index is 0.0681. The van der Waals surface area contributed by atoms with Crippen molar-refractivity contribution in [1.29, 1.82) is 0 Å². The minimum Gasteiger partial charge on any atom is -0.508 e. The Hall–Kier alpha value is -3.82. The van der Waals surface area contributed by atoms with E-state index in [1.54, 1.807) is 18.2 Å². The van der Waals surface area contributed by atoms with Crippen LogP contribution in [0.1, 0.15) is 28.4 Å². The van der Waals surface area contributed by atoms with Gasteiger partial charge in [-0.1, -0.05) is 6.07 Å². The Bertz CT molecular complexity index is 1320. The second-order valence-corrected chi connectivity index (χ2v) is 8.83. The van der Waals surface area contributed by atoms with E-state index in [4.69, 9.17) is 18.9 Å². The van der Waals surface area contributed by atoms with Crippen LogP contribution in [0.25, 0.3) is 11.1 Å². The summed E-state index contributed by atoms with van der Waals surface area (Å²) < 4.78 is 22.5. The van der Waals surface area contributed by atoms with Gasteiger partial charge in [0.2, 0.25) is 11.5 Å². The number of rotatable bonds is 6. The Balaban J connectivity index is 1.64. The molecule has 0 aromatic heterocycles. The fraction of sp³-hybridized carbons (Fsp3) is 0.333. The summed E-state index contributed by atoms with van der Waals surface area (Å²) in [7, 11) is 2.68. The molecule has 0 radical (unpaired) electrons. The molecule has 0 spiro atoms. The number of aromatic hydroxyl groups is 3. The Labute approximate surface area is 207 Å². The van der Waals surface area contributed by atoms with E-state index in [9.17, 15) is 25.5 Å². The number of hydrogen-bond donors (Lipinski definition) is 5. The normalized spacial score (nSPS) is 17.9. The Morgan fingerprint density at radius 3 is 2.47 bits per heavy atom. The maximum Gasteiger partial charge on any atom is 0.207 e. The van der Waals surface area contributed by atoms with Crippen LogP contribution in [0, 0.1) is 0 Å². The van der Waals surface area contributed by atoms with Crippen molar-refractivity contribution >= 4 is 0 Å². The number of aliphatic hydroxyl groups is 2. The molecule has 2 atom stereocenters. The monoisotopic (exact) mass is 496 g/mol. The SMILES string of the molecule is COc1cc([C@H]2Oc3cc(OCCO)c4c(c3C[C@H]2O)CCc2cc(O)ccc2-4)c(O)c(OC)c1O. The molecule has 9 heteroatoms. The number of aryl methyl sites for hydroxylation is 1. The molecule has 1 aliphatic carbocycles. The van der Waals surface area contributed by atoms with E-state index >= 15 is 0 Å². The third-order valence-electron chi connectivity index (χ3n) is 6.79. The van der Waals surface area contributed by atoms with Gasteiger partial charge < -0.3 is 44.5 Å². The second-order valence-electron chi connectivity index (χ2n) is 8.83. The molecule has 36 heavy (non-hydrogen) atoms. The molecule has 0 fully saturated rings. The second kappa shape index (κ2) is 9.33. The lowest BCUT2D eigenvalue weighted by Gasteiger charge is -2.35. The Morgan fingerprint density at radius 1 is 0.944 bits per heavy atom. The fourth-order valence-electron chi connectivity index (χ4n) is 5.19. The summed E-state index contributed by atoms with van der Waals surface area (Å²) in [6.45, 7) is -0.0880. The third-order valence-corrected chi connectivity index (χ3v) is 6.79. The number of phenolic OH excluding ortho intramolecular Hbond substituents is 3. The van der Waals surface area contributed by atoms with E-state index in [1.807, 2.05) is 6.07 Å². The van der Waals surface area contributed by atoms with E-state index in [-0.39, 0.29) is 53.9 Å². The van der Waals surface area contributed by atoms with Gasteiger partial charge in [0.25, 0.3) is 0 Å². The summed E-state index contributed by atoms with van der Waals surface area (Å²) >= 11 is 0. The summed E-state index contributed by atoms with van der Waals surface area (Å²) in [5, 5.41) is 51.6. The van der Waals surface area contributed by atoms with Crippen molar-refractivity contribution < 1.29 is 44.5 Å². The molecule has 0 saturated carbocycles. The summed E-state index contributed by atoms with van der Waals surface area (Å²) in [6.07, 6.45) is -0.397. The van der Waals surface area contributed by atoms with Crippen molar-refractivity contribution in [3.8, 4) is 51.4 Å². The number of benzene rings is 3. The van der Waals surface area contributed by atoms with Crippen LogP contribution in [0.3, 0.4) is 0 Å². The molecule has 5 N–H and O–H groups in total. The third kappa shape index (κ3) is 3.81. The first kappa shape index (κ1) is 23.9. The van der Waals surface area contributed by atoms with E-state index < -0.39 is 12.2 Å². The molecule has 3 aromatic rings. The number of phenols is 3. The molecule has 190 valence electrons. The molecular weight excluding hydrogens is 468 g/mol. The predicted molar refractivity (Wildman–Crippen MR) is 129 cm³/mol. The van der Waals surface area contributed by atoms with Crippen molar-refractivity contribution in [2.45, 2.75) is 31.5 Å². The first-order valence-electron chi connectivity index (χ1n) is 11.6. The average molecular weight is 497 g/mol. The van der Waals surface area contributed by atoms with E-state index in [0.29, 0.717) is 24.3 Å². The summed E-state index contributed by atoms with van der Waals surface area (Å²) in [5.74, 6) is 0.377. The molecule has 1 heterocycles. The lowest BCUT2D eigenvalue weighted by Crippen LogP contribution is -2.31. The maximum atomic E-state index is 11.2. The van der Waals surface area contributed by atoms with Crippen molar-refractivity contribution in [3.05, 3.63) is 52.6 Å². The highest BCUT2D eigenvalue weighted by Crippen LogP contribution is 2.52. The fourth-order valence-corrected chi connectivity index (χ4v) is 5.19. The van der Waals surface area contributed by atoms with E-state index in [2.05, 4.69) is 0 Å². The number of methoxy groups -OCH3 is 2. The minimum atomic E-state index is -1.02. The predicted octanol–water partition coefficient (Wildman–Crippen LogP) is 2.99. The average Bonchev–Trinajstić information content (AvgIpc) is 2.87. The number of hydrogen-bond acceptors (Lipinski definition) is 9. The lowest BCUT2D eigenvalue weighted by molar-refractivity contribution is 0.0186. The molecule has 9 nitrogen and oxygen atoms in total. The van der Waals surface area contributed by atoms with Gasteiger partial charge in [-0.15, -0.1) is 0 Å². The van der Waals surface area contributed by atoms with Crippen molar-refractivity contribution in [2.75, 3.05) is 27.4 Å². The molecule has 0 bridgehead atoms. The number of fused-ring (bicyclic) bond motifs is 5.